The Bertz CT molecular complexity index is 1000. The van der Waals surface area contributed by atoms with E-state index >= 15 is 0 Å². The third kappa shape index (κ3) is 5.44. The lowest BCUT2D eigenvalue weighted by molar-refractivity contribution is -0.119. The zero-order valence-corrected chi connectivity index (χ0v) is 17.5. The minimum Gasteiger partial charge on any atom is -0.439 e. The largest absolute Gasteiger partial charge is 0.439 e. The van der Waals surface area contributed by atoms with E-state index in [0.717, 1.165) is 24.1 Å². The Morgan fingerprint density at radius 1 is 1.21 bits per heavy atom. The zero-order valence-electron chi connectivity index (χ0n) is 15.2. The number of hydrogen-bond donors (Lipinski definition) is 2. The van der Waals surface area contributed by atoms with Gasteiger partial charge in [-0.1, -0.05) is 48.7 Å². The van der Waals surface area contributed by atoms with Gasteiger partial charge in [0.2, 0.25) is 5.91 Å². The van der Waals surface area contributed by atoms with Gasteiger partial charge in [-0.25, -0.2) is 4.98 Å². The van der Waals surface area contributed by atoms with Crippen LogP contribution in [0.4, 0.5) is 5.69 Å². The van der Waals surface area contributed by atoms with Gasteiger partial charge in [0.05, 0.1) is 5.02 Å². The predicted molar refractivity (Wildman–Crippen MR) is 117 cm³/mol. The fraction of sp³-hybridized carbons (Fsp3) is 0.250. The molecule has 0 spiro atoms. The first kappa shape index (κ1) is 20.6. The van der Waals surface area contributed by atoms with Crippen LogP contribution < -0.4 is 10.6 Å². The molecule has 0 saturated carbocycles. The molecule has 3 rings (SSSR count). The third-order valence-corrected chi connectivity index (χ3v) is 4.73. The summed E-state index contributed by atoms with van der Waals surface area (Å²) < 4.78 is 5.74. The van der Waals surface area contributed by atoms with Gasteiger partial charge in [-0.2, -0.15) is 0 Å². The lowest BCUT2D eigenvalue weighted by Gasteiger charge is -2.09. The Morgan fingerprint density at radius 2 is 1.96 bits per heavy atom. The van der Waals surface area contributed by atoms with E-state index in [9.17, 15) is 4.79 Å². The number of halogens is 2. The molecule has 0 atom stereocenters. The van der Waals surface area contributed by atoms with Crippen LogP contribution in [0.5, 0.6) is 0 Å². The van der Waals surface area contributed by atoms with Gasteiger partial charge in [0.25, 0.3) is 0 Å². The minimum atomic E-state index is -0.0781. The molecule has 146 valence electrons. The molecule has 3 aromatic rings. The first-order valence-corrected chi connectivity index (χ1v) is 10.0. The summed E-state index contributed by atoms with van der Waals surface area (Å²) in [6, 6.07) is 11.0. The fourth-order valence-corrected chi connectivity index (χ4v) is 3.40. The fourth-order valence-electron chi connectivity index (χ4n) is 2.65. The maximum absolute atomic E-state index is 11.7. The Labute approximate surface area is 178 Å². The normalized spacial score (nSPS) is 10.8. The Kier molecular flexibility index (Phi) is 6.88. The van der Waals surface area contributed by atoms with E-state index in [-0.39, 0.29) is 5.91 Å². The number of aromatic nitrogens is 1. The molecule has 8 heteroatoms. The van der Waals surface area contributed by atoms with Crippen LogP contribution in [-0.4, -0.2) is 16.0 Å². The van der Waals surface area contributed by atoms with Gasteiger partial charge < -0.3 is 15.1 Å². The smallest absolute Gasteiger partial charge is 0.226 e. The zero-order chi connectivity index (χ0) is 20.1. The number of carbonyl (C=O) groups excluding carboxylic acids is 1. The van der Waals surface area contributed by atoms with Gasteiger partial charge >= 0.3 is 0 Å². The molecule has 0 saturated heterocycles. The van der Waals surface area contributed by atoms with Crippen molar-refractivity contribution < 1.29 is 9.21 Å². The summed E-state index contributed by atoms with van der Waals surface area (Å²) >= 11 is 17.3. The Hall–Kier alpha value is -2.15. The molecule has 0 aliphatic rings. The van der Waals surface area contributed by atoms with Crippen molar-refractivity contribution in [2.24, 2.45) is 0 Å². The first-order valence-electron chi connectivity index (χ1n) is 8.89. The average molecular weight is 436 g/mol. The summed E-state index contributed by atoms with van der Waals surface area (Å²) in [6.45, 7) is 2.04. The van der Waals surface area contributed by atoms with Gasteiger partial charge in [0.1, 0.15) is 5.52 Å². The second-order valence-electron chi connectivity index (χ2n) is 6.32. The highest BCUT2D eigenvalue weighted by Gasteiger charge is 2.11. The molecule has 0 aliphatic carbocycles. The number of thiocarbonyl (C=S) groups is 1. The molecule has 2 N–H and O–H groups in total. The lowest BCUT2D eigenvalue weighted by Crippen LogP contribution is -2.33. The molecule has 0 bridgehead atoms. The molecule has 1 amide bonds. The Morgan fingerprint density at radius 3 is 2.68 bits per heavy atom. The van der Waals surface area contributed by atoms with E-state index in [2.05, 4.69) is 15.6 Å². The van der Waals surface area contributed by atoms with Gasteiger partial charge in [-0.05, 0) is 48.5 Å². The highest BCUT2D eigenvalue weighted by Crippen LogP contribution is 2.29. The number of oxazole rings is 1. The number of nitrogens with one attached hydrogen (secondary N) is 2. The van der Waals surface area contributed by atoms with E-state index in [1.807, 2.05) is 31.2 Å². The maximum Gasteiger partial charge on any atom is 0.226 e. The van der Waals surface area contributed by atoms with Gasteiger partial charge in [0, 0.05) is 23.6 Å². The Balaban J connectivity index is 1.61. The number of amides is 1. The van der Waals surface area contributed by atoms with Crippen molar-refractivity contribution in [1.82, 2.24) is 10.3 Å². The number of nitrogens with zero attached hydrogens (tertiary/aromatic N) is 1. The van der Waals surface area contributed by atoms with E-state index in [1.165, 1.54) is 0 Å². The highest BCUT2D eigenvalue weighted by molar-refractivity contribution is 7.80. The number of carbonyl (C=O) groups is 1. The molecule has 5 nitrogen and oxygen atoms in total. The summed E-state index contributed by atoms with van der Waals surface area (Å²) in [6.07, 6.45) is 2.79. The second kappa shape index (κ2) is 9.37. The monoisotopic (exact) mass is 435 g/mol. The van der Waals surface area contributed by atoms with Crippen molar-refractivity contribution in [3.8, 4) is 0 Å². The molecular formula is C20H19Cl2N3O2S. The van der Waals surface area contributed by atoms with Gasteiger partial charge in [-0.15, -0.1) is 0 Å². The molecule has 1 aromatic heterocycles. The maximum atomic E-state index is 11.7. The van der Waals surface area contributed by atoms with Crippen LogP contribution in [0.3, 0.4) is 0 Å². The molecule has 0 unspecified atom stereocenters. The summed E-state index contributed by atoms with van der Waals surface area (Å²) in [4.78, 5) is 16.1. The number of benzene rings is 2. The van der Waals surface area contributed by atoms with E-state index < -0.39 is 0 Å². The van der Waals surface area contributed by atoms with Crippen LogP contribution in [-0.2, 0) is 11.2 Å². The third-order valence-electron chi connectivity index (χ3n) is 4.03. The number of unbranched alkanes of at least 4 members (excludes halogenated alkanes) is 1. The van der Waals surface area contributed by atoms with Crippen molar-refractivity contribution in [2.75, 3.05) is 5.32 Å². The van der Waals surface area contributed by atoms with Crippen molar-refractivity contribution in [3.05, 3.63) is 57.9 Å². The summed E-state index contributed by atoms with van der Waals surface area (Å²) in [7, 11) is 0. The molecule has 1 heterocycles. The standard InChI is InChI=1S/C20H19Cl2N3O2S/c1-2-3-4-17(26)25-20(28)23-14-7-5-12(6-8-14)9-18-24-16-11-13(21)10-15(22)19(16)27-18/h5-8,10-11H,2-4,9H2,1H3,(H2,23,25,26,28). The van der Waals surface area contributed by atoms with E-state index in [1.54, 1.807) is 12.1 Å². The average Bonchev–Trinajstić information content (AvgIpc) is 3.04. The number of fused-ring (bicyclic) bond motifs is 1. The van der Waals surface area contributed by atoms with E-state index in [0.29, 0.717) is 45.0 Å². The SMILES string of the molecule is CCCCC(=O)NC(=S)Nc1ccc(Cc2nc3cc(Cl)cc(Cl)c3o2)cc1. The molecule has 0 aliphatic heterocycles. The first-order chi connectivity index (χ1) is 13.4. The minimum absolute atomic E-state index is 0.0781. The number of rotatable bonds is 6. The predicted octanol–water partition coefficient (Wildman–Crippen LogP) is 5.73. The highest BCUT2D eigenvalue weighted by atomic mass is 35.5. The summed E-state index contributed by atoms with van der Waals surface area (Å²) in [5, 5.41) is 6.93. The van der Waals surface area contributed by atoms with Crippen molar-refractivity contribution >= 4 is 63.2 Å². The number of hydrogen-bond acceptors (Lipinski definition) is 4. The lowest BCUT2D eigenvalue weighted by atomic mass is 10.1. The van der Waals surface area contributed by atoms with Crippen LogP contribution in [0, 0.1) is 0 Å². The van der Waals surface area contributed by atoms with E-state index in [4.69, 9.17) is 39.8 Å². The van der Waals surface area contributed by atoms with Crippen LogP contribution in [0.25, 0.3) is 11.1 Å². The molecule has 2 aromatic carbocycles. The van der Waals surface area contributed by atoms with Crippen LogP contribution >= 0.6 is 35.4 Å². The van der Waals surface area contributed by atoms with Gasteiger partial charge in [0.15, 0.2) is 16.6 Å². The summed E-state index contributed by atoms with van der Waals surface area (Å²) in [5.41, 5.74) is 2.97. The van der Waals surface area contributed by atoms with Crippen molar-refractivity contribution in [2.45, 2.75) is 32.6 Å². The summed E-state index contributed by atoms with van der Waals surface area (Å²) in [5.74, 6) is 0.476. The van der Waals surface area contributed by atoms with Crippen LogP contribution in [0.2, 0.25) is 10.0 Å². The topological polar surface area (TPSA) is 67.2 Å². The van der Waals surface area contributed by atoms with Gasteiger partial charge in [-0.3, -0.25) is 4.79 Å². The quantitative estimate of drug-likeness (QED) is 0.483. The van der Waals surface area contributed by atoms with Crippen LogP contribution in [0.1, 0.15) is 37.6 Å². The second-order valence-corrected chi connectivity index (χ2v) is 7.57. The molecule has 0 radical (unpaired) electrons. The number of anilines is 1. The molecular weight excluding hydrogens is 417 g/mol. The molecule has 28 heavy (non-hydrogen) atoms. The van der Waals surface area contributed by atoms with Crippen LogP contribution in [0.15, 0.2) is 40.8 Å². The van der Waals surface area contributed by atoms with Crippen molar-refractivity contribution in [1.29, 1.82) is 0 Å². The van der Waals surface area contributed by atoms with Crippen molar-refractivity contribution in [3.63, 3.8) is 0 Å². The molecule has 0 fully saturated rings.